The Kier molecular flexibility index (Phi) is 6.41. The van der Waals surface area contributed by atoms with Gasteiger partial charge in [-0.1, -0.05) is 0 Å². The number of amides is 1. The summed E-state index contributed by atoms with van der Waals surface area (Å²) in [6.45, 7) is 2.11. The fraction of sp³-hybridized carbons (Fsp3) is 0.533. The van der Waals surface area contributed by atoms with Crippen LogP contribution in [-0.2, 0) is 6.18 Å². The molecule has 0 aromatic heterocycles. The minimum atomic E-state index is -4.62. The summed E-state index contributed by atoms with van der Waals surface area (Å²) in [6.07, 6.45) is -2.33. The first kappa shape index (κ1) is 19.7. The van der Waals surface area contributed by atoms with Crippen LogP contribution in [0.3, 0.4) is 0 Å². The monoisotopic (exact) mass is 354 g/mol. The van der Waals surface area contributed by atoms with Crippen LogP contribution in [0.15, 0.2) is 18.2 Å². The number of hydrogen-bond donors (Lipinski definition) is 1. The number of piperidine rings is 1. The van der Waals surface area contributed by atoms with Gasteiger partial charge >= 0.3 is 6.18 Å². The quantitative estimate of drug-likeness (QED) is 0.825. The molecule has 1 heterocycles. The highest BCUT2D eigenvalue weighted by molar-refractivity contribution is 5.95. The van der Waals surface area contributed by atoms with E-state index in [1.54, 1.807) is 6.92 Å². The Hall–Kier alpha value is -1.34. The number of likely N-dealkylation sites (tertiary alicyclic amines) is 1. The van der Waals surface area contributed by atoms with Crippen LogP contribution in [0.2, 0.25) is 0 Å². The molecular formula is C15H19ClF4N2O. The molecule has 8 heteroatoms. The van der Waals surface area contributed by atoms with Crippen molar-refractivity contribution in [1.29, 1.82) is 0 Å². The zero-order valence-corrected chi connectivity index (χ0v) is 13.4. The Morgan fingerprint density at radius 2 is 2.00 bits per heavy atom. The molecule has 1 amide bonds. The highest BCUT2D eigenvalue weighted by atomic mass is 35.5. The number of rotatable bonds is 2. The van der Waals surface area contributed by atoms with Gasteiger partial charge in [-0.15, -0.1) is 12.4 Å². The summed E-state index contributed by atoms with van der Waals surface area (Å²) >= 11 is 0. The molecule has 2 rings (SSSR count). The molecule has 2 N–H and O–H groups in total. The third kappa shape index (κ3) is 4.35. The number of nitrogens with two attached hydrogens (primary N) is 1. The molecule has 0 saturated carbocycles. The Morgan fingerprint density at radius 1 is 1.35 bits per heavy atom. The fourth-order valence-electron chi connectivity index (χ4n) is 2.78. The second-order valence-corrected chi connectivity index (χ2v) is 5.61. The molecule has 1 aromatic rings. The van der Waals surface area contributed by atoms with Crippen molar-refractivity contribution in [2.45, 2.75) is 44.4 Å². The summed E-state index contributed by atoms with van der Waals surface area (Å²) in [7, 11) is 0. The average molecular weight is 355 g/mol. The summed E-state index contributed by atoms with van der Waals surface area (Å²) in [5.41, 5.74) is 4.25. The first-order valence-corrected chi connectivity index (χ1v) is 7.15. The van der Waals surface area contributed by atoms with Gasteiger partial charge in [0.25, 0.3) is 5.91 Å². The van der Waals surface area contributed by atoms with E-state index in [1.165, 1.54) is 4.90 Å². The molecule has 1 fully saturated rings. The van der Waals surface area contributed by atoms with Crippen molar-refractivity contribution in [2.75, 3.05) is 6.54 Å². The lowest BCUT2D eigenvalue weighted by Gasteiger charge is -2.38. The van der Waals surface area contributed by atoms with E-state index in [0.29, 0.717) is 31.2 Å². The lowest BCUT2D eigenvalue weighted by molar-refractivity contribution is -0.137. The third-order valence-corrected chi connectivity index (χ3v) is 3.94. The number of hydrogen-bond acceptors (Lipinski definition) is 2. The summed E-state index contributed by atoms with van der Waals surface area (Å²) in [5, 5.41) is 0. The number of carbonyl (C=O) groups excluding carboxylic acids is 1. The Balaban J connectivity index is 0.00000264. The van der Waals surface area contributed by atoms with Crippen molar-refractivity contribution in [2.24, 2.45) is 5.73 Å². The lowest BCUT2D eigenvalue weighted by Crippen LogP contribution is -2.51. The number of carbonyl (C=O) groups is 1. The van der Waals surface area contributed by atoms with Crippen molar-refractivity contribution in [3.05, 3.63) is 35.1 Å². The van der Waals surface area contributed by atoms with E-state index in [0.717, 1.165) is 12.8 Å². The van der Waals surface area contributed by atoms with E-state index >= 15 is 0 Å². The summed E-state index contributed by atoms with van der Waals surface area (Å²) < 4.78 is 52.1. The summed E-state index contributed by atoms with van der Waals surface area (Å²) in [5.74, 6) is -1.68. The maximum atomic E-state index is 13.8. The second kappa shape index (κ2) is 7.49. The molecule has 0 radical (unpaired) electrons. The predicted octanol–water partition coefficient (Wildman–Crippen LogP) is 3.61. The highest BCUT2D eigenvalue weighted by Gasteiger charge is 2.35. The predicted molar refractivity (Wildman–Crippen MR) is 81.0 cm³/mol. The van der Waals surface area contributed by atoms with Gasteiger partial charge in [-0.3, -0.25) is 4.79 Å². The highest BCUT2D eigenvalue weighted by Crippen LogP contribution is 2.31. The third-order valence-electron chi connectivity index (χ3n) is 3.94. The summed E-state index contributed by atoms with van der Waals surface area (Å²) in [4.78, 5) is 13.9. The topological polar surface area (TPSA) is 46.3 Å². The molecule has 3 nitrogen and oxygen atoms in total. The van der Waals surface area contributed by atoms with E-state index in [4.69, 9.17) is 5.73 Å². The molecule has 130 valence electrons. The van der Waals surface area contributed by atoms with Gasteiger partial charge < -0.3 is 10.6 Å². The molecule has 0 spiro atoms. The van der Waals surface area contributed by atoms with Crippen molar-refractivity contribution >= 4 is 18.3 Å². The van der Waals surface area contributed by atoms with Crippen molar-refractivity contribution < 1.29 is 22.4 Å². The van der Waals surface area contributed by atoms with Crippen molar-refractivity contribution in [1.82, 2.24) is 4.90 Å². The van der Waals surface area contributed by atoms with Gasteiger partial charge in [-0.25, -0.2) is 4.39 Å². The minimum absolute atomic E-state index is 0. The van der Waals surface area contributed by atoms with Gasteiger partial charge in [0.05, 0.1) is 11.1 Å². The Morgan fingerprint density at radius 3 is 2.57 bits per heavy atom. The molecule has 0 bridgehead atoms. The SMILES string of the molecule is CC(N)C1CCCCN1C(=O)c1cc(C(F)(F)F)ccc1F.Cl. The molecular weight excluding hydrogens is 336 g/mol. The maximum absolute atomic E-state index is 13.8. The minimum Gasteiger partial charge on any atom is -0.334 e. The zero-order valence-electron chi connectivity index (χ0n) is 12.6. The molecule has 1 aliphatic rings. The van der Waals surface area contributed by atoms with E-state index in [1.807, 2.05) is 0 Å². The van der Waals surface area contributed by atoms with Crippen LogP contribution in [-0.4, -0.2) is 29.4 Å². The molecule has 2 unspecified atom stereocenters. The van der Waals surface area contributed by atoms with Crippen LogP contribution in [0.25, 0.3) is 0 Å². The number of benzene rings is 1. The lowest BCUT2D eigenvalue weighted by atomic mass is 9.95. The van der Waals surface area contributed by atoms with Crippen LogP contribution in [0.4, 0.5) is 17.6 Å². The van der Waals surface area contributed by atoms with Gasteiger partial charge in [0.1, 0.15) is 5.82 Å². The zero-order chi connectivity index (χ0) is 16.5. The number of alkyl halides is 3. The molecule has 1 saturated heterocycles. The number of halogens is 5. The van der Waals surface area contributed by atoms with E-state index in [9.17, 15) is 22.4 Å². The van der Waals surface area contributed by atoms with Crippen molar-refractivity contribution in [3.63, 3.8) is 0 Å². The normalized spacial score (nSPS) is 19.9. The standard InChI is InChI=1S/C15H18F4N2O.ClH/c1-9(20)13-4-2-3-7-21(13)14(22)11-8-10(15(17,18)19)5-6-12(11)16;/h5-6,8-9,13H,2-4,7,20H2,1H3;1H. The number of nitrogens with zero attached hydrogens (tertiary/aromatic N) is 1. The molecule has 1 aromatic carbocycles. The fourth-order valence-corrected chi connectivity index (χ4v) is 2.78. The Labute approximate surface area is 138 Å². The van der Waals surface area contributed by atoms with E-state index < -0.39 is 29.0 Å². The maximum Gasteiger partial charge on any atom is 0.416 e. The van der Waals surface area contributed by atoms with Gasteiger partial charge in [-0.2, -0.15) is 13.2 Å². The van der Waals surface area contributed by atoms with E-state index in [-0.39, 0.29) is 24.5 Å². The van der Waals surface area contributed by atoms with Crippen LogP contribution >= 0.6 is 12.4 Å². The largest absolute Gasteiger partial charge is 0.416 e. The molecule has 23 heavy (non-hydrogen) atoms. The van der Waals surface area contributed by atoms with Crippen LogP contribution in [0.5, 0.6) is 0 Å². The molecule has 1 aliphatic heterocycles. The summed E-state index contributed by atoms with van der Waals surface area (Å²) in [6, 6.07) is 1.28. The van der Waals surface area contributed by atoms with Crippen LogP contribution < -0.4 is 5.73 Å². The van der Waals surface area contributed by atoms with Gasteiger partial charge in [0, 0.05) is 18.6 Å². The van der Waals surface area contributed by atoms with Gasteiger partial charge in [-0.05, 0) is 44.4 Å². The Bertz CT molecular complexity index is 563. The smallest absolute Gasteiger partial charge is 0.334 e. The van der Waals surface area contributed by atoms with Crippen LogP contribution in [0.1, 0.15) is 42.1 Å². The molecule has 2 atom stereocenters. The first-order chi connectivity index (χ1) is 10.2. The van der Waals surface area contributed by atoms with E-state index in [2.05, 4.69) is 0 Å². The average Bonchev–Trinajstić information content (AvgIpc) is 2.45. The van der Waals surface area contributed by atoms with Gasteiger partial charge in [0.15, 0.2) is 0 Å². The van der Waals surface area contributed by atoms with Gasteiger partial charge in [0.2, 0.25) is 0 Å². The van der Waals surface area contributed by atoms with Crippen molar-refractivity contribution in [3.8, 4) is 0 Å². The first-order valence-electron chi connectivity index (χ1n) is 7.15. The van der Waals surface area contributed by atoms with Crippen LogP contribution in [0, 0.1) is 5.82 Å². The second-order valence-electron chi connectivity index (χ2n) is 5.61. The molecule has 0 aliphatic carbocycles.